The molecule has 0 aliphatic rings. The predicted molar refractivity (Wildman–Crippen MR) is 54.1 cm³/mol. The summed E-state index contributed by atoms with van der Waals surface area (Å²) in [6.45, 7) is 0.297. The Labute approximate surface area is 85.9 Å². The molecule has 0 aliphatic heterocycles. The van der Waals surface area contributed by atoms with Crippen molar-refractivity contribution in [3.8, 4) is 0 Å². The number of nitrogens with two attached hydrogens (primary N) is 1. The Balaban J connectivity index is 2.24. The van der Waals surface area contributed by atoms with E-state index in [2.05, 4.69) is 15.0 Å². The normalized spacial score (nSPS) is 10.3. The average molecular weight is 207 g/mol. The molecule has 0 radical (unpaired) electrons. The molecule has 0 aliphatic carbocycles. The first kappa shape index (κ1) is 9.67. The summed E-state index contributed by atoms with van der Waals surface area (Å²) in [5.74, 6) is 0.201. The molecule has 2 rings (SSSR count). The van der Waals surface area contributed by atoms with E-state index in [-0.39, 0.29) is 5.82 Å². The third kappa shape index (κ3) is 2.32. The van der Waals surface area contributed by atoms with Gasteiger partial charge < -0.3 is 15.6 Å². The van der Waals surface area contributed by atoms with Crippen LogP contribution in [0.15, 0.2) is 35.1 Å². The van der Waals surface area contributed by atoms with Crippen molar-refractivity contribution >= 4 is 11.5 Å². The van der Waals surface area contributed by atoms with E-state index in [1.165, 1.54) is 18.4 Å². The lowest BCUT2D eigenvalue weighted by Crippen LogP contribution is -1.99. The summed E-state index contributed by atoms with van der Waals surface area (Å²) in [5.41, 5.74) is 6.76. The summed E-state index contributed by atoms with van der Waals surface area (Å²) in [5, 5.41) is 6.56. The van der Waals surface area contributed by atoms with Crippen LogP contribution in [0.5, 0.6) is 0 Å². The van der Waals surface area contributed by atoms with Crippen molar-refractivity contribution < 1.29 is 8.91 Å². The summed E-state index contributed by atoms with van der Waals surface area (Å²) < 4.78 is 17.7. The third-order valence-corrected chi connectivity index (χ3v) is 1.90. The van der Waals surface area contributed by atoms with E-state index in [1.54, 1.807) is 12.1 Å². The molecule has 2 aromatic rings. The van der Waals surface area contributed by atoms with Gasteiger partial charge in [0.2, 0.25) is 0 Å². The Morgan fingerprint density at radius 3 is 2.93 bits per heavy atom. The molecule has 0 spiro atoms. The molecule has 78 valence electrons. The smallest absolute Gasteiger partial charge is 0.173 e. The second-order valence-corrected chi connectivity index (χ2v) is 3.06. The van der Waals surface area contributed by atoms with Gasteiger partial charge in [-0.15, -0.1) is 0 Å². The number of nitrogens with one attached hydrogen (secondary N) is 1. The van der Waals surface area contributed by atoms with Crippen LogP contribution in [-0.2, 0) is 6.54 Å². The topological polar surface area (TPSA) is 64.1 Å². The van der Waals surface area contributed by atoms with Crippen molar-refractivity contribution in [2.75, 3.05) is 5.32 Å². The van der Waals surface area contributed by atoms with Crippen LogP contribution in [-0.4, -0.2) is 5.16 Å². The molecule has 3 N–H and O–H groups in total. The summed E-state index contributed by atoms with van der Waals surface area (Å²) in [4.78, 5) is 0. The molecule has 15 heavy (non-hydrogen) atoms. The highest BCUT2D eigenvalue weighted by Gasteiger charge is 2.01. The van der Waals surface area contributed by atoms with E-state index in [4.69, 9.17) is 5.73 Å². The SMILES string of the molecule is NCc1cc(F)cc(Nc2ccon2)c1. The van der Waals surface area contributed by atoms with Crippen LogP contribution in [0, 0.1) is 5.82 Å². The fourth-order valence-corrected chi connectivity index (χ4v) is 1.27. The van der Waals surface area contributed by atoms with Gasteiger partial charge in [0.15, 0.2) is 5.82 Å². The van der Waals surface area contributed by atoms with Crippen molar-refractivity contribution in [1.29, 1.82) is 0 Å². The van der Waals surface area contributed by atoms with Crippen LogP contribution in [0.2, 0.25) is 0 Å². The van der Waals surface area contributed by atoms with Crippen molar-refractivity contribution in [3.63, 3.8) is 0 Å². The molecule has 0 atom stereocenters. The fraction of sp³-hybridized carbons (Fsp3) is 0.100. The van der Waals surface area contributed by atoms with Gasteiger partial charge in [-0.05, 0) is 23.8 Å². The highest BCUT2D eigenvalue weighted by molar-refractivity contribution is 5.56. The maximum atomic E-state index is 13.1. The molecule has 0 bridgehead atoms. The maximum Gasteiger partial charge on any atom is 0.173 e. The Morgan fingerprint density at radius 1 is 1.40 bits per heavy atom. The number of hydrogen-bond acceptors (Lipinski definition) is 4. The summed E-state index contributed by atoms with van der Waals surface area (Å²) in [6.07, 6.45) is 1.44. The highest BCUT2D eigenvalue weighted by atomic mass is 19.1. The van der Waals surface area contributed by atoms with Crippen LogP contribution in [0.25, 0.3) is 0 Å². The molecule has 0 fully saturated rings. The largest absolute Gasteiger partial charge is 0.363 e. The van der Waals surface area contributed by atoms with E-state index in [1.807, 2.05) is 0 Å². The van der Waals surface area contributed by atoms with Crippen molar-refractivity contribution in [2.45, 2.75) is 6.54 Å². The molecule has 0 saturated carbocycles. The quantitative estimate of drug-likeness (QED) is 0.808. The zero-order chi connectivity index (χ0) is 10.7. The number of nitrogens with zero attached hydrogens (tertiary/aromatic N) is 1. The molecule has 1 aromatic carbocycles. The van der Waals surface area contributed by atoms with Gasteiger partial charge >= 0.3 is 0 Å². The lowest BCUT2D eigenvalue weighted by atomic mass is 10.2. The van der Waals surface area contributed by atoms with Gasteiger partial charge in [0.1, 0.15) is 12.1 Å². The highest BCUT2D eigenvalue weighted by Crippen LogP contribution is 2.17. The van der Waals surface area contributed by atoms with E-state index < -0.39 is 0 Å². The number of halogens is 1. The number of anilines is 2. The molecule has 4 nitrogen and oxygen atoms in total. The van der Waals surface area contributed by atoms with Gasteiger partial charge in [-0.2, -0.15) is 0 Å². The molecule has 1 aromatic heterocycles. The lowest BCUT2D eigenvalue weighted by Gasteiger charge is -2.04. The monoisotopic (exact) mass is 207 g/mol. The van der Waals surface area contributed by atoms with Crippen LogP contribution in [0.4, 0.5) is 15.9 Å². The number of hydrogen-bond donors (Lipinski definition) is 2. The van der Waals surface area contributed by atoms with Crippen molar-refractivity contribution in [2.24, 2.45) is 5.73 Å². The number of benzene rings is 1. The summed E-state index contributed by atoms with van der Waals surface area (Å²) in [7, 11) is 0. The summed E-state index contributed by atoms with van der Waals surface area (Å²) >= 11 is 0. The fourth-order valence-electron chi connectivity index (χ4n) is 1.27. The Kier molecular flexibility index (Phi) is 2.64. The summed E-state index contributed by atoms with van der Waals surface area (Å²) in [6, 6.07) is 6.17. The van der Waals surface area contributed by atoms with E-state index in [0.29, 0.717) is 18.1 Å². The average Bonchev–Trinajstić information content (AvgIpc) is 2.69. The zero-order valence-electron chi connectivity index (χ0n) is 7.90. The molecular formula is C10H10FN3O. The Bertz CT molecular complexity index is 442. The van der Waals surface area contributed by atoms with Crippen LogP contribution in [0.1, 0.15) is 5.56 Å². The van der Waals surface area contributed by atoms with Crippen molar-refractivity contribution in [3.05, 3.63) is 41.9 Å². The molecular weight excluding hydrogens is 197 g/mol. The molecule has 0 amide bonds. The minimum Gasteiger partial charge on any atom is -0.363 e. The number of aromatic nitrogens is 1. The Hall–Kier alpha value is -1.88. The second kappa shape index (κ2) is 4.10. The molecule has 5 heteroatoms. The minimum atomic E-state index is -0.330. The van der Waals surface area contributed by atoms with Gasteiger partial charge in [-0.3, -0.25) is 0 Å². The van der Waals surface area contributed by atoms with Crippen molar-refractivity contribution in [1.82, 2.24) is 5.16 Å². The molecule has 1 heterocycles. The van der Waals surface area contributed by atoms with Gasteiger partial charge in [0, 0.05) is 18.3 Å². The Morgan fingerprint density at radius 2 is 2.27 bits per heavy atom. The van der Waals surface area contributed by atoms with Crippen LogP contribution in [0.3, 0.4) is 0 Å². The molecule has 0 unspecified atom stereocenters. The standard InChI is InChI=1S/C10H10FN3O/c11-8-3-7(6-12)4-9(5-8)13-10-1-2-15-14-10/h1-5H,6,12H2,(H,13,14). The van der Waals surface area contributed by atoms with Gasteiger partial charge in [-0.1, -0.05) is 5.16 Å². The van der Waals surface area contributed by atoms with E-state index >= 15 is 0 Å². The minimum absolute atomic E-state index is 0.297. The van der Waals surface area contributed by atoms with Gasteiger partial charge in [0.25, 0.3) is 0 Å². The van der Waals surface area contributed by atoms with Crippen LogP contribution >= 0.6 is 0 Å². The third-order valence-electron chi connectivity index (χ3n) is 1.90. The van der Waals surface area contributed by atoms with Gasteiger partial charge in [-0.25, -0.2) is 4.39 Å². The van der Waals surface area contributed by atoms with E-state index in [0.717, 1.165) is 5.56 Å². The first-order chi connectivity index (χ1) is 7.28. The lowest BCUT2D eigenvalue weighted by molar-refractivity contribution is 0.423. The van der Waals surface area contributed by atoms with Gasteiger partial charge in [0.05, 0.1) is 0 Å². The second-order valence-electron chi connectivity index (χ2n) is 3.06. The van der Waals surface area contributed by atoms with E-state index in [9.17, 15) is 4.39 Å². The van der Waals surface area contributed by atoms with Crippen LogP contribution < -0.4 is 11.1 Å². The predicted octanol–water partition coefficient (Wildman–Crippen LogP) is 2.02. The number of rotatable bonds is 3. The zero-order valence-corrected chi connectivity index (χ0v) is 7.90. The maximum absolute atomic E-state index is 13.1. The first-order valence-corrected chi connectivity index (χ1v) is 4.45. The molecule has 0 saturated heterocycles. The first-order valence-electron chi connectivity index (χ1n) is 4.45.